The van der Waals surface area contributed by atoms with Crippen LogP contribution >= 0.6 is 0 Å². The van der Waals surface area contributed by atoms with E-state index in [1.807, 2.05) is 0 Å². The monoisotopic (exact) mass is 1080 g/mol. The number of pyridine rings is 2. The van der Waals surface area contributed by atoms with E-state index in [9.17, 15) is 72.5 Å². The number of nitrogens with zero attached hydrogens (tertiary/aromatic N) is 7. The highest BCUT2D eigenvalue weighted by Crippen LogP contribution is 2.47. The molecular weight excluding hydrogens is 1040 g/mol. The number of anilines is 2. The largest absolute Gasteiger partial charge is 0.472 e. The molecule has 6 heterocycles. The van der Waals surface area contributed by atoms with Crippen molar-refractivity contribution in [3.63, 3.8) is 0 Å². The summed E-state index contributed by atoms with van der Waals surface area (Å²) in [5.41, 5.74) is -10.0. The highest BCUT2D eigenvalue weighted by atomic mass is 19.4. The molecule has 2 amide bonds. The third-order valence-electron chi connectivity index (χ3n) is 9.87. The van der Waals surface area contributed by atoms with Crippen LogP contribution in [0.3, 0.4) is 0 Å². The summed E-state index contributed by atoms with van der Waals surface area (Å²) in [4.78, 5) is 34.2. The molecule has 0 unspecified atom stereocenters. The van der Waals surface area contributed by atoms with Crippen molar-refractivity contribution in [1.82, 2.24) is 30.4 Å². The van der Waals surface area contributed by atoms with E-state index in [2.05, 4.69) is 30.4 Å². The molecule has 0 saturated carbocycles. The molecule has 4 aromatic rings. The first-order valence-corrected chi connectivity index (χ1v) is 21.8. The maximum atomic E-state index is 14.4. The SMILES string of the molecule is C[C@@H]1COCCC[C@](O)(C(F)(F)F)c2nnc(o2)-c2nc(c(C(F)(F)F)cc2N(C(=O)OC(C)(C)C)C(=O)OC(C)(C)C)O1.C[C@@H]1COCCC[C@](O)(C(F)(F)F)c2nnc(o2)-c2nc(c(C(F)(F)F)cc2N)O1. The molecule has 74 heavy (non-hydrogen) atoms. The molecule has 2 aliphatic rings. The number of carbonyl (C=O) groups is 2. The number of halogens is 12. The molecule has 2 aliphatic heterocycles. The number of nitrogens with two attached hydrogens (primary N) is 1. The molecule has 6 rings (SSSR count). The summed E-state index contributed by atoms with van der Waals surface area (Å²) in [6, 6.07) is 0.779. The van der Waals surface area contributed by atoms with Crippen LogP contribution in [0, 0.1) is 0 Å². The van der Waals surface area contributed by atoms with Gasteiger partial charge in [-0.15, -0.1) is 20.4 Å². The Balaban J connectivity index is 0.000000294. The average Bonchev–Trinajstić information content (AvgIpc) is 3.93. The van der Waals surface area contributed by atoms with Gasteiger partial charge in [-0.2, -0.15) is 57.6 Å². The third kappa shape index (κ3) is 13.7. The molecule has 4 aromatic heterocycles. The van der Waals surface area contributed by atoms with Crippen LogP contribution in [-0.2, 0) is 42.5 Å². The Bertz CT molecular complexity index is 2600. The van der Waals surface area contributed by atoms with Gasteiger partial charge in [0.15, 0.2) is 11.4 Å². The lowest BCUT2D eigenvalue weighted by Gasteiger charge is -2.30. The van der Waals surface area contributed by atoms with Crippen LogP contribution in [0.2, 0.25) is 0 Å². The highest BCUT2D eigenvalue weighted by Gasteiger charge is 2.60. The summed E-state index contributed by atoms with van der Waals surface area (Å²) in [7, 11) is 0. The number of rotatable bonds is 1. The van der Waals surface area contributed by atoms with E-state index in [0.717, 1.165) is 0 Å². The van der Waals surface area contributed by atoms with Gasteiger partial charge in [-0.1, -0.05) is 0 Å². The molecule has 4 N–H and O–H groups in total. The van der Waals surface area contributed by atoms with Gasteiger partial charge in [0.1, 0.15) is 34.5 Å². The van der Waals surface area contributed by atoms with Gasteiger partial charge in [0, 0.05) is 13.2 Å². The predicted octanol–water partition coefficient (Wildman–Crippen LogP) is 9.21. The summed E-state index contributed by atoms with van der Waals surface area (Å²) in [5.74, 6) is -6.26. The number of alkyl halides is 12. The molecular formula is C42H48F12N8O12. The van der Waals surface area contributed by atoms with Crippen LogP contribution in [0.25, 0.3) is 23.2 Å². The summed E-state index contributed by atoms with van der Waals surface area (Å²) < 4.78 is 207. The first-order valence-electron chi connectivity index (χ1n) is 21.8. The van der Waals surface area contributed by atoms with Crippen LogP contribution in [-0.4, -0.2) is 115 Å². The molecule has 8 bridgehead atoms. The van der Waals surface area contributed by atoms with Crippen molar-refractivity contribution in [1.29, 1.82) is 0 Å². The number of carbonyl (C=O) groups excluding carboxylic acids is 2. The van der Waals surface area contributed by atoms with Gasteiger partial charge < -0.3 is 53.2 Å². The summed E-state index contributed by atoms with van der Waals surface area (Å²) in [6.45, 7) is 9.97. The van der Waals surface area contributed by atoms with Gasteiger partial charge in [0.05, 0.1) is 24.6 Å². The van der Waals surface area contributed by atoms with E-state index in [4.69, 9.17) is 43.0 Å². The zero-order valence-corrected chi connectivity index (χ0v) is 40.2. The lowest BCUT2D eigenvalue weighted by Crippen LogP contribution is -2.44. The van der Waals surface area contributed by atoms with Gasteiger partial charge >= 0.3 is 36.9 Å². The quantitative estimate of drug-likeness (QED) is 0.150. The Labute approximate surface area is 410 Å². The fraction of sp³-hybridized carbons (Fsp3) is 0.619. The first-order chi connectivity index (χ1) is 33.8. The minimum absolute atomic E-state index is 0.0628. The lowest BCUT2D eigenvalue weighted by atomic mass is 9.97. The third-order valence-corrected chi connectivity index (χ3v) is 9.87. The Morgan fingerprint density at radius 2 is 1.01 bits per heavy atom. The van der Waals surface area contributed by atoms with Crippen LogP contribution in [0.5, 0.6) is 11.8 Å². The highest BCUT2D eigenvalue weighted by molar-refractivity contribution is 6.11. The van der Waals surface area contributed by atoms with Crippen LogP contribution in [0.1, 0.15) is 104 Å². The standard InChI is InChI=1S/C26H32F6N4O8.C16H16F6N4O4/c1-13-12-40-10-8-9-24(39,26(30,31)32)19-35-34-18(42-19)16-15(11-14(25(27,28)29)17(33-16)41-13)36(20(37)43-22(2,3)4)21(38)44-23(5,6)7;1-7-6-28-4-2-3-14(27,16(20,21)22)13-26-25-12(30-13)10-9(23)5-8(15(17,18)19)11(24-10)29-7/h11,13,39H,8-10,12H2,1-7H3;5,7,27H,2-4,6,23H2,1H3/t13-,24-;7-,14-/m11/s1. The molecule has 0 aromatic carbocycles. The lowest BCUT2D eigenvalue weighted by molar-refractivity contribution is -0.278. The summed E-state index contributed by atoms with van der Waals surface area (Å²) >= 11 is 0. The maximum Gasteiger partial charge on any atom is 0.426 e. The number of fused-ring (bicyclic) bond motifs is 10. The van der Waals surface area contributed by atoms with E-state index < -0.39 is 154 Å². The molecule has 20 nitrogen and oxygen atoms in total. The number of amides is 2. The first kappa shape index (κ1) is 58.6. The number of aliphatic hydroxyl groups is 2. The van der Waals surface area contributed by atoms with E-state index in [0.29, 0.717) is 6.07 Å². The zero-order valence-electron chi connectivity index (χ0n) is 40.2. The van der Waals surface area contributed by atoms with E-state index >= 15 is 0 Å². The van der Waals surface area contributed by atoms with Crippen LogP contribution in [0.4, 0.5) is 73.6 Å². The van der Waals surface area contributed by atoms with Gasteiger partial charge in [0.25, 0.3) is 23.6 Å². The second-order valence-corrected chi connectivity index (χ2v) is 18.5. The summed E-state index contributed by atoms with van der Waals surface area (Å²) in [5, 5.41) is 34.2. The van der Waals surface area contributed by atoms with Crippen molar-refractivity contribution in [3.8, 4) is 34.9 Å². The van der Waals surface area contributed by atoms with Crippen molar-refractivity contribution in [2.75, 3.05) is 37.1 Å². The van der Waals surface area contributed by atoms with E-state index in [1.54, 1.807) is 0 Å². The minimum Gasteiger partial charge on any atom is -0.472 e. The Kier molecular flexibility index (Phi) is 16.8. The normalized spacial score (nSPS) is 21.6. The zero-order chi connectivity index (χ0) is 55.8. The smallest absolute Gasteiger partial charge is 0.426 e. The molecule has 412 valence electrons. The number of imide groups is 1. The predicted molar refractivity (Wildman–Crippen MR) is 225 cm³/mol. The number of aromatic nitrogens is 6. The topological polar surface area (TPSA) is 263 Å². The van der Waals surface area contributed by atoms with Crippen LogP contribution in [0.15, 0.2) is 21.0 Å². The van der Waals surface area contributed by atoms with Crippen molar-refractivity contribution in [2.45, 2.75) is 140 Å². The maximum absolute atomic E-state index is 14.4. The van der Waals surface area contributed by atoms with Gasteiger partial charge in [-0.05, 0) is 93.2 Å². The van der Waals surface area contributed by atoms with E-state index in [1.165, 1.54) is 55.4 Å². The van der Waals surface area contributed by atoms with Crippen molar-refractivity contribution < 1.29 is 110 Å². The molecule has 0 radical (unpaired) electrons. The number of nitrogen functional groups attached to an aromatic ring is 1. The Morgan fingerprint density at radius 3 is 1.39 bits per heavy atom. The average molecular weight is 1080 g/mol. The van der Waals surface area contributed by atoms with Crippen molar-refractivity contribution in [3.05, 3.63) is 35.0 Å². The van der Waals surface area contributed by atoms with Crippen LogP contribution < -0.4 is 20.1 Å². The van der Waals surface area contributed by atoms with Gasteiger partial charge in [-0.25, -0.2) is 19.6 Å². The molecule has 0 aliphatic carbocycles. The Hall–Kier alpha value is -6.28. The molecule has 4 atom stereocenters. The summed E-state index contributed by atoms with van der Waals surface area (Å²) in [6.07, 6.45) is -28.2. The molecule has 0 saturated heterocycles. The van der Waals surface area contributed by atoms with E-state index in [-0.39, 0.29) is 50.2 Å². The van der Waals surface area contributed by atoms with Crippen molar-refractivity contribution in [2.24, 2.45) is 0 Å². The van der Waals surface area contributed by atoms with Crippen molar-refractivity contribution >= 4 is 23.6 Å². The van der Waals surface area contributed by atoms with Gasteiger partial charge in [0.2, 0.25) is 23.0 Å². The Morgan fingerprint density at radius 1 is 0.635 bits per heavy atom. The number of ether oxygens (including phenoxy) is 6. The second kappa shape index (κ2) is 21.2. The molecule has 32 heteroatoms. The molecule has 0 fully saturated rings. The minimum atomic E-state index is -5.34. The number of hydrogen-bond donors (Lipinski definition) is 3. The number of hydrogen-bond acceptors (Lipinski definition) is 19. The van der Waals surface area contributed by atoms with Gasteiger partial charge in [-0.3, -0.25) is 0 Å². The second-order valence-electron chi connectivity index (χ2n) is 18.5. The molecule has 0 spiro atoms. The fourth-order valence-electron chi connectivity index (χ4n) is 6.49. The fourth-order valence-corrected chi connectivity index (χ4v) is 6.49.